The van der Waals surface area contributed by atoms with Crippen molar-refractivity contribution in [3.8, 4) is 17.6 Å². The molecule has 31 heavy (non-hydrogen) atoms. The maximum Gasteiger partial charge on any atom is 0.332 e. The van der Waals surface area contributed by atoms with Gasteiger partial charge < -0.3 is 4.74 Å². The van der Waals surface area contributed by atoms with Crippen LogP contribution in [0.2, 0.25) is 0 Å². The molecular weight excluding hydrogens is 415 g/mol. The normalized spacial score (nSPS) is 10.7. The van der Waals surface area contributed by atoms with Gasteiger partial charge in [0.1, 0.15) is 16.4 Å². The zero-order chi connectivity index (χ0) is 22.0. The van der Waals surface area contributed by atoms with Crippen LogP contribution in [-0.4, -0.2) is 16.2 Å². The molecule has 156 valence electrons. The SMILES string of the molecule is COc1ccc(CC#Cc2cc3c(=O)n(Cc4cccc(F)c4)c(=O)n(C)c3s2)cc1. The fourth-order valence-electron chi connectivity index (χ4n) is 3.28. The Morgan fingerprint density at radius 2 is 1.84 bits per heavy atom. The van der Waals surface area contributed by atoms with Gasteiger partial charge in [0.15, 0.2) is 0 Å². The van der Waals surface area contributed by atoms with Crippen molar-refractivity contribution in [2.75, 3.05) is 7.11 Å². The van der Waals surface area contributed by atoms with Crippen LogP contribution >= 0.6 is 11.3 Å². The number of aromatic nitrogens is 2. The average Bonchev–Trinajstić information content (AvgIpc) is 3.20. The molecule has 0 fully saturated rings. The fourth-order valence-corrected chi connectivity index (χ4v) is 4.26. The molecular formula is C24H19FN2O3S. The summed E-state index contributed by atoms with van der Waals surface area (Å²) >= 11 is 1.31. The highest BCUT2D eigenvalue weighted by Gasteiger charge is 2.14. The van der Waals surface area contributed by atoms with E-state index in [1.807, 2.05) is 24.3 Å². The number of halogens is 1. The van der Waals surface area contributed by atoms with E-state index in [-0.39, 0.29) is 6.54 Å². The molecule has 0 amide bonds. The predicted octanol–water partition coefficient (Wildman–Crippen LogP) is 3.55. The highest BCUT2D eigenvalue weighted by atomic mass is 32.1. The van der Waals surface area contributed by atoms with E-state index in [0.29, 0.717) is 27.1 Å². The molecule has 0 bridgehead atoms. The van der Waals surface area contributed by atoms with Crippen LogP contribution in [0.25, 0.3) is 10.2 Å². The maximum atomic E-state index is 13.5. The van der Waals surface area contributed by atoms with Gasteiger partial charge in [-0.05, 0) is 41.5 Å². The van der Waals surface area contributed by atoms with Crippen molar-refractivity contribution >= 4 is 21.6 Å². The van der Waals surface area contributed by atoms with Crippen LogP contribution in [-0.2, 0) is 20.0 Å². The second kappa shape index (κ2) is 8.62. The zero-order valence-electron chi connectivity index (χ0n) is 17.0. The van der Waals surface area contributed by atoms with Gasteiger partial charge in [-0.3, -0.25) is 13.9 Å². The van der Waals surface area contributed by atoms with Crippen molar-refractivity contribution < 1.29 is 9.13 Å². The lowest BCUT2D eigenvalue weighted by Gasteiger charge is -2.08. The maximum absolute atomic E-state index is 13.5. The molecule has 0 saturated heterocycles. The Kier molecular flexibility index (Phi) is 5.74. The summed E-state index contributed by atoms with van der Waals surface area (Å²) in [6.07, 6.45) is 0.557. The standard InChI is InChI=1S/C24H19FN2O3S/c1-26-23-21(22(28)27(24(26)29)15-17-6-3-7-18(25)13-17)14-20(31-23)8-4-5-16-9-11-19(30-2)12-10-16/h3,6-7,9-14H,5,15H2,1-2H3. The van der Waals surface area contributed by atoms with Gasteiger partial charge in [-0.25, -0.2) is 9.18 Å². The topological polar surface area (TPSA) is 53.2 Å². The van der Waals surface area contributed by atoms with Crippen LogP contribution in [0.4, 0.5) is 4.39 Å². The molecule has 4 rings (SSSR count). The summed E-state index contributed by atoms with van der Waals surface area (Å²) in [4.78, 5) is 27.0. The Hall–Kier alpha value is -3.63. The lowest BCUT2D eigenvalue weighted by atomic mass is 10.1. The molecule has 0 atom stereocenters. The molecule has 0 saturated carbocycles. The summed E-state index contributed by atoms with van der Waals surface area (Å²) in [6, 6.07) is 15.3. The van der Waals surface area contributed by atoms with Gasteiger partial charge in [-0.1, -0.05) is 36.1 Å². The number of fused-ring (bicyclic) bond motifs is 1. The molecule has 0 aliphatic rings. The Balaban J connectivity index is 1.66. The molecule has 0 unspecified atom stereocenters. The van der Waals surface area contributed by atoms with Gasteiger partial charge in [-0.15, -0.1) is 11.3 Å². The van der Waals surface area contributed by atoms with E-state index in [1.54, 1.807) is 32.4 Å². The third kappa shape index (κ3) is 4.30. The summed E-state index contributed by atoms with van der Waals surface area (Å²) in [7, 11) is 3.24. The lowest BCUT2D eigenvalue weighted by Crippen LogP contribution is -2.38. The molecule has 2 aromatic heterocycles. The molecule has 0 N–H and O–H groups in total. The predicted molar refractivity (Wildman–Crippen MR) is 120 cm³/mol. The second-order valence-electron chi connectivity index (χ2n) is 7.02. The molecule has 0 radical (unpaired) electrons. The van der Waals surface area contributed by atoms with Crippen LogP contribution in [0.5, 0.6) is 5.75 Å². The fraction of sp³-hybridized carbons (Fsp3) is 0.167. The van der Waals surface area contributed by atoms with Crippen molar-refractivity contribution in [2.45, 2.75) is 13.0 Å². The van der Waals surface area contributed by atoms with E-state index in [1.165, 1.54) is 28.0 Å². The number of ether oxygens (including phenoxy) is 1. The summed E-state index contributed by atoms with van der Waals surface area (Å²) in [5, 5.41) is 0.428. The number of nitrogens with zero attached hydrogens (tertiary/aromatic N) is 2. The first-order valence-electron chi connectivity index (χ1n) is 9.56. The largest absolute Gasteiger partial charge is 0.497 e. The minimum atomic E-state index is -0.443. The molecule has 5 nitrogen and oxygen atoms in total. The van der Waals surface area contributed by atoms with E-state index in [4.69, 9.17) is 4.74 Å². The van der Waals surface area contributed by atoms with Crippen molar-refractivity contribution in [1.29, 1.82) is 0 Å². The number of thiophene rings is 1. The quantitative estimate of drug-likeness (QED) is 0.462. The number of rotatable bonds is 4. The van der Waals surface area contributed by atoms with E-state index in [0.717, 1.165) is 15.9 Å². The molecule has 7 heteroatoms. The molecule has 0 aliphatic heterocycles. The Bertz CT molecular complexity index is 1440. The van der Waals surface area contributed by atoms with Crippen molar-refractivity contribution in [2.24, 2.45) is 7.05 Å². The second-order valence-corrected chi connectivity index (χ2v) is 8.05. The van der Waals surface area contributed by atoms with Gasteiger partial charge in [0.05, 0.1) is 23.9 Å². The molecule has 0 spiro atoms. The van der Waals surface area contributed by atoms with E-state index in [2.05, 4.69) is 11.8 Å². The van der Waals surface area contributed by atoms with Crippen molar-refractivity contribution in [1.82, 2.24) is 9.13 Å². The van der Waals surface area contributed by atoms with Gasteiger partial charge in [0.25, 0.3) is 5.56 Å². The number of aryl methyl sites for hydroxylation is 1. The zero-order valence-corrected chi connectivity index (χ0v) is 17.8. The van der Waals surface area contributed by atoms with Gasteiger partial charge in [0, 0.05) is 13.5 Å². The first kappa shape index (κ1) is 20.6. The van der Waals surface area contributed by atoms with Gasteiger partial charge in [0.2, 0.25) is 0 Å². The van der Waals surface area contributed by atoms with E-state index < -0.39 is 17.1 Å². The molecule has 4 aromatic rings. The summed E-state index contributed by atoms with van der Waals surface area (Å²) in [5.41, 5.74) is 0.760. The Labute approximate surface area is 182 Å². The summed E-state index contributed by atoms with van der Waals surface area (Å²) < 4.78 is 21.2. The van der Waals surface area contributed by atoms with Crippen LogP contribution < -0.4 is 16.0 Å². The Morgan fingerprint density at radius 3 is 2.55 bits per heavy atom. The number of hydrogen-bond donors (Lipinski definition) is 0. The van der Waals surface area contributed by atoms with E-state index in [9.17, 15) is 14.0 Å². The van der Waals surface area contributed by atoms with Crippen molar-refractivity contribution in [3.63, 3.8) is 0 Å². The Morgan fingerprint density at radius 1 is 1.06 bits per heavy atom. The van der Waals surface area contributed by atoms with E-state index >= 15 is 0 Å². The first-order chi connectivity index (χ1) is 15.0. The molecule has 2 heterocycles. The minimum Gasteiger partial charge on any atom is -0.497 e. The smallest absolute Gasteiger partial charge is 0.332 e. The first-order valence-corrected chi connectivity index (χ1v) is 10.4. The van der Waals surface area contributed by atoms with Crippen LogP contribution in [0.3, 0.4) is 0 Å². The molecule has 0 aliphatic carbocycles. The van der Waals surface area contributed by atoms with Gasteiger partial charge >= 0.3 is 5.69 Å². The summed E-state index contributed by atoms with van der Waals surface area (Å²) in [5.74, 6) is 6.58. The third-order valence-corrected chi connectivity index (χ3v) is 6.03. The van der Waals surface area contributed by atoms with Crippen molar-refractivity contribution in [3.05, 3.63) is 97.3 Å². The highest BCUT2D eigenvalue weighted by Crippen LogP contribution is 2.21. The number of hydrogen-bond acceptors (Lipinski definition) is 4. The van der Waals surface area contributed by atoms with Crippen LogP contribution in [0, 0.1) is 17.7 Å². The monoisotopic (exact) mass is 434 g/mol. The summed E-state index contributed by atoms with van der Waals surface area (Å²) in [6.45, 7) is 0.00748. The molecule has 2 aromatic carbocycles. The average molecular weight is 434 g/mol. The highest BCUT2D eigenvalue weighted by molar-refractivity contribution is 7.19. The third-order valence-electron chi connectivity index (χ3n) is 4.90. The number of benzene rings is 2. The van der Waals surface area contributed by atoms with Crippen LogP contribution in [0.15, 0.2) is 64.2 Å². The van der Waals surface area contributed by atoms with Gasteiger partial charge in [-0.2, -0.15) is 0 Å². The number of methoxy groups -OCH3 is 1. The van der Waals surface area contributed by atoms with Crippen LogP contribution in [0.1, 0.15) is 16.0 Å². The minimum absolute atomic E-state index is 0.00748. The lowest BCUT2D eigenvalue weighted by molar-refractivity contribution is 0.414.